The normalized spacial score (nSPS) is 15.5. The number of nitrogens with two attached hydrogens (primary N) is 1. The van der Waals surface area contributed by atoms with Crippen molar-refractivity contribution in [2.24, 2.45) is 0 Å². The van der Waals surface area contributed by atoms with Crippen LogP contribution in [0.15, 0.2) is 47.1 Å². The van der Waals surface area contributed by atoms with Crippen molar-refractivity contribution >= 4 is 38.8 Å². The van der Waals surface area contributed by atoms with Gasteiger partial charge >= 0.3 is 0 Å². The fourth-order valence-electron chi connectivity index (χ4n) is 3.34. The fourth-order valence-corrected chi connectivity index (χ4v) is 5.36. The molecular formula is C22H24N6O4S2. The van der Waals surface area contributed by atoms with Crippen molar-refractivity contribution < 1.29 is 17.9 Å². The van der Waals surface area contributed by atoms with Crippen molar-refractivity contribution in [3.8, 4) is 12.3 Å². The van der Waals surface area contributed by atoms with E-state index in [9.17, 15) is 8.42 Å². The highest BCUT2D eigenvalue weighted by molar-refractivity contribution is 8.02. The number of sulfonamides is 1. The third kappa shape index (κ3) is 5.27. The highest BCUT2D eigenvalue weighted by Gasteiger charge is 2.26. The first-order valence-electron chi connectivity index (χ1n) is 10.6. The zero-order valence-corrected chi connectivity index (χ0v) is 20.1. The van der Waals surface area contributed by atoms with Crippen molar-refractivity contribution in [1.82, 2.24) is 24.2 Å². The third-order valence-corrected chi connectivity index (χ3v) is 7.32. The lowest BCUT2D eigenvalue weighted by atomic mass is 10.1. The van der Waals surface area contributed by atoms with Gasteiger partial charge in [0.2, 0.25) is 15.1 Å². The zero-order chi connectivity index (χ0) is 24.1. The Kier molecular flexibility index (Phi) is 7.26. The van der Waals surface area contributed by atoms with E-state index >= 15 is 0 Å². The molecule has 0 spiro atoms. The second-order valence-electron chi connectivity index (χ2n) is 7.40. The first-order valence-corrected chi connectivity index (χ1v) is 13.1. The van der Waals surface area contributed by atoms with Gasteiger partial charge in [0.1, 0.15) is 12.6 Å². The first-order chi connectivity index (χ1) is 16.4. The van der Waals surface area contributed by atoms with Crippen LogP contribution in [0.4, 0.5) is 5.82 Å². The summed E-state index contributed by atoms with van der Waals surface area (Å²) in [5, 5.41) is 0.999. The predicted octanol–water partition coefficient (Wildman–Crippen LogP) is 2.75. The molecule has 0 amide bonds. The zero-order valence-electron chi connectivity index (χ0n) is 18.5. The van der Waals surface area contributed by atoms with Gasteiger partial charge in [0.25, 0.3) is 6.29 Å². The monoisotopic (exact) mass is 500 g/mol. The van der Waals surface area contributed by atoms with Crippen molar-refractivity contribution in [1.29, 1.82) is 0 Å². The number of hydrogen-bond acceptors (Lipinski definition) is 9. The molecule has 3 heterocycles. The largest absolute Gasteiger partial charge is 0.454 e. The summed E-state index contributed by atoms with van der Waals surface area (Å²) in [6.45, 7) is 2.68. The summed E-state index contributed by atoms with van der Waals surface area (Å²) in [5.74, 6) is 2.84. The molecule has 4 rings (SSSR count). The molecule has 0 aliphatic carbocycles. The Morgan fingerprint density at radius 2 is 2.15 bits per heavy atom. The predicted molar refractivity (Wildman–Crippen MR) is 130 cm³/mol. The number of anilines is 1. The summed E-state index contributed by atoms with van der Waals surface area (Å²) in [6, 6.07) is 7.37. The molecule has 0 fully saturated rings. The van der Waals surface area contributed by atoms with E-state index in [2.05, 4.69) is 25.6 Å². The Hall–Kier alpha value is -3.27. The van der Waals surface area contributed by atoms with Gasteiger partial charge in [0, 0.05) is 24.2 Å². The Morgan fingerprint density at radius 1 is 1.32 bits per heavy atom. The molecule has 1 aliphatic rings. The van der Waals surface area contributed by atoms with E-state index in [0.29, 0.717) is 46.5 Å². The van der Waals surface area contributed by atoms with E-state index in [1.807, 2.05) is 31.2 Å². The van der Waals surface area contributed by atoms with E-state index in [-0.39, 0.29) is 11.6 Å². The number of hydrogen-bond donors (Lipinski definition) is 2. The Balaban J connectivity index is 1.52. The number of nitrogens with zero attached hydrogens (tertiary/aromatic N) is 4. The van der Waals surface area contributed by atoms with Crippen molar-refractivity contribution in [3.05, 3.63) is 53.1 Å². The number of terminal acetylenes is 1. The van der Waals surface area contributed by atoms with E-state index < -0.39 is 16.3 Å². The molecule has 0 bridgehead atoms. The van der Waals surface area contributed by atoms with Crippen molar-refractivity contribution in [2.75, 3.05) is 18.0 Å². The quantitative estimate of drug-likeness (QED) is 0.403. The number of rotatable bonds is 10. The lowest BCUT2D eigenvalue weighted by Crippen LogP contribution is -2.27. The standard InChI is InChI=1S/C22H24N6O4S2/c1-3-10-26-34(29,30)12-7-11-28-20-18(19(23)24-14-25-20)27-22(28)33-17-13-31-21(32-17)16-9-6-5-8-15(16)4-2/h2,5-6,8-9,13-14,21,26H,3,7,10-12H2,1H3,(H2,23,24,25). The van der Waals surface area contributed by atoms with E-state index in [0.717, 1.165) is 12.0 Å². The van der Waals surface area contributed by atoms with Gasteiger partial charge in [0.05, 0.1) is 5.75 Å². The van der Waals surface area contributed by atoms with Gasteiger partial charge in [-0.2, -0.15) is 0 Å². The number of aryl methyl sites for hydroxylation is 1. The molecule has 0 saturated heterocycles. The van der Waals surface area contributed by atoms with Gasteiger partial charge in [-0.1, -0.05) is 31.0 Å². The van der Waals surface area contributed by atoms with Crippen molar-refractivity contribution in [3.63, 3.8) is 0 Å². The van der Waals surface area contributed by atoms with Crippen molar-refractivity contribution in [2.45, 2.75) is 37.8 Å². The van der Waals surface area contributed by atoms with Crippen LogP contribution in [0.1, 0.15) is 37.2 Å². The van der Waals surface area contributed by atoms with Crippen LogP contribution in [0.5, 0.6) is 0 Å². The number of ether oxygens (including phenoxy) is 2. The topological polar surface area (TPSA) is 134 Å². The van der Waals surface area contributed by atoms with Gasteiger partial charge < -0.3 is 19.8 Å². The molecule has 12 heteroatoms. The van der Waals surface area contributed by atoms with Crippen LogP contribution in [0.2, 0.25) is 0 Å². The average molecular weight is 501 g/mol. The van der Waals surface area contributed by atoms with Crippen LogP contribution in [0.3, 0.4) is 0 Å². The van der Waals surface area contributed by atoms with E-state index in [1.54, 1.807) is 4.57 Å². The summed E-state index contributed by atoms with van der Waals surface area (Å²) >= 11 is 1.22. The van der Waals surface area contributed by atoms with Crippen LogP contribution in [0.25, 0.3) is 11.2 Å². The maximum Gasteiger partial charge on any atom is 0.269 e. The first kappa shape index (κ1) is 23.9. The number of nitrogens with one attached hydrogen (secondary N) is 1. The van der Waals surface area contributed by atoms with E-state index in [4.69, 9.17) is 21.6 Å². The van der Waals surface area contributed by atoms with Crippen LogP contribution >= 0.6 is 11.8 Å². The molecule has 1 aromatic carbocycles. The van der Waals surface area contributed by atoms with Gasteiger partial charge in [-0.3, -0.25) is 0 Å². The van der Waals surface area contributed by atoms with Crippen LogP contribution in [-0.4, -0.2) is 40.2 Å². The summed E-state index contributed by atoms with van der Waals surface area (Å²) < 4.78 is 40.4. The Bertz CT molecular complexity index is 1360. The van der Waals surface area contributed by atoms with Gasteiger partial charge in [-0.15, -0.1) is 6.42 Å². The van der Waals surface area contributed by atoms with Crippen LogP contribution in [0, 0.1) is 12.3 Å². The summed E-state index contributed by atoms with van der Waals surface area (Å²) in [4.78, 5) is 12.9. The minimum Gasteiger partial charge on any atom is -0.454 e. The average Bonchev–Trinajstić information content (AvgIpc) is 3.43. The molecule has 1 aliphatic heterocycles. The molecule has 1 atom stereocenters. The lowest BCUT2D eigenvalue weighted by Gasteiger charge is -2.13. The molecule has 0 saturated carbocycles. The highest BCUT2D eigenvalue weighted by atomic mass is 32.2. The Morgan fingerprint density at radius 3 is 2.94 bits per heavy atom. The minimum atomic E-state index is -3.36. The number of imidazole rings is 1. The van der Waals surface area contributed by atoms with Crippen LogP contribution < -0.4 is 10.5 Å². The number of nitrogen functional groups attached to an aromatic ring is 1. The maximum atomic E-state index is 12.2. The van der Waals surface area contributed by atoms with Gasteiger partial charge in [0.15, 0.2) is 22.1 Å². The number of aromatic nitrogens is 4. The molecule has 3 aromatic rings. The van der Waals surface area contributed by atoms with Gasteiger partial charge in [-0.25, -0.2) is 28.1 Å². The van der Waals surface area contributed by atoms with Crippen LogP contribution in [-0.2, 0) is 26.0 Å². The number of benzene rings is 1. The molecule has 2 aromatic heterocycles. The SMILES string of the molecule is C#Cc1ccccc1C1OC=C(Sc2nc3c(N)ncnc3n2CCCS(=O)(=O)NCCC)O1. The second-order valence-corrected chi connectivity index (χ2v) is 10.3. The number of fused-ring (bicyclic) bond motifs is 1. The summed E-state index contributed by atoms with van der Waals surface area (Å²) in [6.07, 6.45) is 8.85. The lowest BCUT2D eigenvalue weighted by molar-refractivity contribution is -0.0275. The molecule has 0 radical (unpaired) electrons. The molecule has 34 heavy (non-hydrogen) atoms. The highest BCUT2D eigenvalue weighted by Crippen LogP contribution is 2.39. The minimum absolute atomic E-state index is 0.0232. The summed E-state index contributed by atoms with van der Waals surface area (Å²) in [7, 11) is -3.36. The molecule has 3 N–H and O–H groups in total. The van der Waals surface area contributed by atoms with Gasteiger partial charge in [-0.05, 0) is 30.7 Å². The molecule has 1 unspecified atom stereocenters. The molecule has 10 nitrogen and oxygen atoms in total. The summed E-state index contributed by atoms with van der Waals surface area (Å²) in [5.41, 5.74) is 8.37. The molecule has 178 valence electrons. The second kappa shape index (κ2) is 10.3. The fraction of sp³-hybridized carbons (Fsp3) is 0.318. The number of thioether (sulfide) groups is 1. The smallest absolute Gasteiger partial charge is 0.269 e. The Labute approximate surface area is 202 Å². The molecular weight excluding hydrogens is 476 g/mol. The van der Waals surface area contributed by atoms with E-state index in [1.165, 1.54) is 24.4 Å². The maximum absolute atomic E-state index is 12.2. The third-order valence-electron chi connectivity index (χ3n) is 4.97.